The normalized spacial score (nSPS) is 12.0. The average molecular weight is 719 g/mol. The molecule has 0 fully saturated rings. The largest absolute Gasteiger partial charge is 0.491 e. The van der Waals surface area contributed by atoms with Crippen LogP contribution in [-0.2, 0) is 32.7 Å². The van der Waals surface area contributed by atoms with Gasteiger partial charge in [0.25, 0.3) is 0 Å². The Morgan fingerprint density at radius 3 is 1.22 bits per heavy atom. The summed E-state index contributed by atoms with van der Waals surface area (Å²) in [7, 11) is -1.99. The van der Waals surface area contributed by atoms with Crippen LogP contribution in [0.2, 0.25) is 0 Å². The van der Waals surface area contributed by atoms with E-state index in [1.165, 1.54) is 14.2 Å². The molecule has 0 bridgehead atoms. The number of carbonyl (C=O) groups excluding carboxylic acids is 2. The van der Waals surface area contributed by atoms with E-state index in [0.717, 1.165) is 24.0 Å². The Labute approximate surface area is 289 Å². The van der Waals surface area contributed by atoms with Gasteiger partial charge < -0.3 is 50.4 Å². The van der Waals surface area contributed by atoms with Crippen molar-refractivity contribution >= 4 is 22.6 Å². The van der Waals surface area contributed by atoms with Crippen molar-refractivity contribution < 1.29 is 56.3 Å². The van der Waals surface area contributed by atoms with Crippen LogP contribution < -0.4 is 30.7 Å². The number of aliphatic hydroxyl groups excluding tert-OH is 2. The third kappa shape index (κ3) is 29.0. The van der Waals surface area contributed by atoms with E-state index in [0.29, 0.717) is 49.8 Å². The first-order valence-corrected chi connectivity index (χ1v) is 17.0. The van der Waals surface area contributed by atoms with E-state index >= 15 is 0 Å². The first-order chi connectivity index (χ1) is 23.0. The summed E-state index contributed by atoms with van der Waals surface area (Å²) in [5.74, 6) is 1.43. The van der Waals surface area contributed by atoms with E-state index in [2.05, 4.69) is 30.7 Å². The van der Waals surface area contributed by atoms with Crippen LogP contribution in [0.3, 0.4) is 0 Å². The minimum Gasteiger partial charge on any atom is -0.491 e. The van der Waals surface area contributed by atoms with Crippen LogP contribution in [0.4, 0.5) is 9.59 Å². The number of methoxy groups -OCH3 is 2. The second-order valence-electron chi connectivity index (χ2n) is 11.1. The van der Waals surface area contributed by atoms with Crippen molar-refractivity contribution in [2.24, 2.45) is 0 Å². The number of amides is 2. The Kier molecular flexibility index (Phi) is 24.2. The van der Waals surface area contributed by atoms with E-state index < -0.39 is 34.8 Å². The zero-order valence-electron chi connectivity index (χ0n) is 29.0. The van der Waals surface area contributed by atoms with Gasteiger partial charge in [-0.05, 0) is 48.2 Å². The molecule has 16 nitrogen and oxygen atoms in total. The first kappa shape index (κ1) is 45.3. The molecule has 17 heteroatoms. The number of nitrogens with one attached hydrogen (secondary N) is 4. The molecular formula is C32H54N4O12S. The maximum atomic E-state index is 10.9. The quantitative estimate of drug-likeness (QED) is 0.103. The number of rotatable bonds is 18. The van der Waals surface area contributed by atoms with Crippen molar-refractivity contribution in [1.29, 1.82) is 0 Å². The molecule has 0 spiro atoms. The minimum atomic E-state index is -4.67. The molecule has 0 aliphatic heterocycles. The first-order valence-electron chi connectivity index (χ1n) is 15.6. The van der Waals surface area contributed by atoms with Crippen LogP contribution in [0.1, 0.15) is 38.8 Å². The molecule has 2 amide bonds. The summed E-state index contributed by atoms with van der Waals surface area (Å²) in [6.45, 7) is 10.7. The van der Waals surface area contributed by atoms with Crippen molar-refractivity contribution in [3.63, 3.8) is 0 Å². The van der Waals surface area contributed by atoms with Gasteiger partial charge in [0.05, 0.1) is 14.2 Å². The zero-order chi connectivity index (χ0) is 37.2. The van der Waals surface area contributed by atoms with E-state index in [9.17, 15) is 19.8 Å². The molecule has 0 heterocycles. The summed E-state index contributed by atoms with van der Waals surface area (Å²) in [4.78, 5) is 21.8. The van der Waals surface area contributed by atoms with Crippen molar-refractivity contribution in [3.05, 3.63) is 59.7 Å². The monoisotopic (exact) mass is 718 g/mol. The van der Waals surface area contributed by atoms with Crippen LogP contribution >= 0.6 is 0 Å². The number of ether oxygens (including phenoxy) is 4. The minimum absolute atomic E-state index is 0.253. The standard InChI is InChI=1S/2C16H26N2O4.H2O4S/c2*1-12(2)18-10-14(19)11-22-15-6-4-13(5-7-15)8-9-17-16(20)21-3;1-5(2,3)4/h2*4-7,12,14,18-19H,8-11H2,1-3H3,(H,17,20);(H2,1,2,3,4). The van der Waals surface area contributed by atoms with Gasteiger partial charge >= 0.3 is 22.6 Å². The molecule has 2 rings (SSSR count). The Hall–Kier alpha value is -3.71. The van der Waals surface area contributed by atoms with Gasteiger partial charge in [0.15, 0.2) is 0 Å². The number of hydrogen-bond donors (Lipinski definition) is 8. The summed E-state index contributed by atoms with van der Waals surface area (Å²) in [6.07, 6.45) is -0.488. The Morgan fingerprint density at radius 2 is 0.959 bits per heavy atom. The predicted molar refractivity (Wildman–Crippen MR) is 185 cm³/mol. The van der Waals surface area contributed by atoms with Crippen molar-refractivity contribution in [2.45, 2.75) is 64.8 Å². The molecule has 2 unspecified atom stereocenters. The fraction of sp³-hybridized carbons (Fsp3) is 0.562. The molecule has 280 valence electrons. The molecule has 49 heavy (non-hydrogen) atoms. The molecule has 0 aromatic heterocycles. The van der Waals surface area contributed by atoms with Gasteiger partial charge in [0, 0.05) is 38.3 Å². The second-order valence-corrected chi connectivity index (χ2v) is 12.0. The molecule has 0 saturated carbocycles. The second kappa shape index (κ2) is 26.2. The molecule has 0 aliphatic carbocycles. The van der Waals surface area contributed by atoms with E-state index in [4.69, 9.17) is 27.0 Å². The highest BCUT2D eigenvalue weighted by molar-refractivity contribution is 7.79. The summed E-state index contributed by atoms with van der Waals surface area (Å²) >= 11 is 0. The van der Waals surface area contributed by atoms with Crippen LogP contribution in [0, 0.1) is 0 Å². The summed E-state index contributed by atoms with van der Waals surface area (Å²) in [5, 5.41) is 31.1. The molecule has 2 aromatic carbocycles. The molecule has 0 radical (unpaired) electrons. The Bertz CT molecular complexity index is 1170. The molecular weight excluding hydrogens is 664 g/mol. The lowest BCUT2D eigenvalue weighted by molar-refractivity contribution is 0.104. The van der Waals surface area contributed by atoms with Gasteiger partial charge in [-0.1, -0.05) is 52.0 Å². The highest BCUT2D eigenvalue weighted by atomic mass is 32.3. The summed E-state index contributed by atoms with van der Waals surface area (Å²) < 4.78 is 51.6. The maximum Gasteiger partial charge on any atom is 0.406 e. The third-order valence-corrected chi connectivity index (χ3v) is 5.99. The van der Waals surface area contributed by atoms with Gasteiger partial charge in [0.1, 0.15) is 36.9 Å². The lowest BCUT2D eigenvalue weighted by atomic mass is 10.1. The third-order valence-electron chi connectivity index (χ3n) is 5.99. The number of aliphatic hydroxyl groups is 2. The van der Waals surface area contributed by atoms with Crippen LogP contribution in [0.15, 0.2) is 48.5 Å². The van der Waals surface area contributed by atoms with Gasteiger partial charge in [-0.25, -0.2) is 9.59 Å². The number of hydrogen-bond acceptors (Lipinski definition) is 12. The lowest BCUT2D eigenvalue weighted by Crippen LogP contribution is -2.35. The van der Waals surface area contributed by atoms with Gasteiger partial charge in [0.2, 0.25) is 0 Å². The van der Waals surface area contributed by atoms with Gasteiger partial charge in [-0.3, -0.25) is 9.11 Å². The fourth-order valence-electron chi connectivity index (χ4n) is 3.51. The number of carbonyl (C=O) groups is 2. The average Bonchev–Trinajstić information content (AvgIpc) is 3.05. The fourth-order valence-corrected chi connectivity index (χ4v) is 3.51. The maximum absolute atomic E-state index is 10.9. The van der Waals surface area contributed by atoms with E-state index in [-0.39, 0.29) is 13.2 Å². The highest BCUT2D eigenvalue weighted by Gasteiger charge is 2.08. The van der Waals surface area contributed by atoms with Gasteiger partial charge in [-0.2, -0.15) is 8.42 Å². The zero-order valence-corrected chi connectivity index (χ0v) is 29.9. The SMILES string of the molecule is COC(=O)NCCc1ccc(OCC(O)CNC(C)C)cc1.COC(=O)NCCc1ccc(OCC(O)CNC(C)C)cc1.O=S(=O)(O)O. The number of alkyl carbamates (subject to hydrolysis) is 2. The molecule has 0 aliphatic rings. The Morgan fingerprint density at radius 1 is 0.653 bits per heavy atom. The Balaban J connectivity index is 0.000000826. The summed E-state index contributed by atoms with van der Waals surface area (Å²) in [5.41, 5.74) is 2.18. The number of benzene rings is 2. The molecule has 8 N–H and O–H groups in total. The summed E-state index contributed by atoms with van der Waals surface area (Å²) in [6, 6.07) is 15.9. The molecule has 2 aromatic rings. The van der Waals surface area contributed by atoms with Crippen molar-refractivity contribution in [2.75, 3.05) is 53.6 Å². The van der Waals surface area contributed by atoms with E-state index in [1.807, 2.05) is 76.2 Å². The topological polar surface area (TPSA) is 234 Å². The smallest absolute Gasteiger partial charge is 0.406 e. The highest BCUT2D eigenvalue weighted by Crippen LogP contribution is 2.14. The predicted octanol–water partition coefficient (Wildman–Crippen LogP) is 1.99. The van der Waals surface area contributed by atoms with Gasteiger partial charge in [-0.15, -0.1) is 0 Å². The van der Waals surface area contributed by atoms with Crippen molar-refractivity contribution in [1.82, 2.24) is 21.3 Å². The van der Waals surface area contributed by atoms with Crippen molar-refractivity contribution in [3.8, 4) is 11.5 Å². The molecule has 2 atom stereocenters. The lowest BCUT2D eigenvalue weighted by Gasteiger charge is -2.15. The molecule has 0 saturated heterocycles. The van der Waals surface area contributed by atoms with Crippen LogP contribution in [0.25, 0.3) is 0 Å². The van der Waals surface area contributed by atoms with Crippen LogP contribution in [-0.4, -0.2) is 118 Å². The van der Waals surface area contributed by atoms with Crippen LogP contribution in [0.5, 0.6) is 11.5 Å². The van der Waals surface area contributed by atoms with E-state index in [1.54, 1.807) is 0 Å².